The Bertz CT molecular complexity index is 312. The standard InChI is InChI=1S/C10H19NO2S/c1-7-3-4-9(7)11-10-5-6-14(12,13)8(10)2/h7-11H,3-6H2,1-2H3. The Kier molecular flexibility index (Phi) is 2.60. The molecule has 14 heavy (non-hydrogen) atoms. The topological polar surface area (TPSA) is 46.2 Å². The largest absolute Gasteiger partial charge is 0.310 e. The average Bonchev–Trinajstić information content (AvgIpc) is 2.37. The summed E-state index contributed by atoms with van der Waals surface area (Å²) in [7, 11) is -2.78. The third-order valence-corrected chi connectivity index (χ3v) is 6.16. The summed E-state index contributed by atoms with van der Waals surface area (Å²) in [4.78, 5) is 0. The molecule has 2 rings (SSSR count). The monoisotopic (exact) mass is 217 g/mol. The van der Waals surface area contributed by atoms with Gasteiger partial charge in [-0.05, 0) is 32.1 Å². The molecular formula is C10H19NO2S. The first-order valence-electron chi connectivity index (χ1n) is 5.48. The van der Waals surface area contributed by atoms with Gasteiger partial charge in [0.25, 0.3) is 0 Å². The Labute approximate surface area is 86.2 Å². The van der Waals surface area contributed by atoms with Gasteiger partial charge in [-0.1, -0.05) is 6.92 Å². The van der Waals surface area contributed by atoms with E-state index in [2.05, 4.69) is 12.2 Å². The van der Waals surface area contributed by atoms with E-state index in [0.29, 0.717) is 11.8 Å². The number of nitrogens with one attached hydrogen (secondary N) is 1. The van der Waals surface area contributed by atoms with Crippen LogP contribution < -0.4 is 5.32 Å². The zero-order valence-electron chi connectivity index (χ0n) is 8.86. The Balaban J connectivity index is 1.94. The van der Waals surface area contributed by atoms with Crippen molar-refractivity contribution in [3.05, 3.63) is 0 Å². The molecule has 3 nitrogen and oxygen atoms in total. The molecule has 82 valence electrons. The number of rotatable bonds is 2. The normalized spacial score (nSPS) is 46.1. The third kappa shape index (κ3) is 1.70. The van der Waals surface area contributed by atoms with Crippen molar-refractivity contribution in [2.75, 3.05) is 5.75 Å². The first-order valence-corrected chi connectivity index (χ1v) is 7.20. The maximum absolute atomic E-state index is 11.5. The zero-order valence-corrected chi connectivity index (χ0v) is 9.68. The Morgan fingerprint density at radius 3 is 2.14 bits per heavy atom. The van der Waals surface area contributed by atoms with Crippen molar-refractivity contribution in [1.29, 1.82) is 0 Å². The molecule has 1 saturated heterocycles. The smallest absolute Gasteiger partial charge is 0.154 e. The molecule has 2 fully saturated rings. The second kappa shape index (κ2) is 3.49. The van der Waals surface area contributed by atoms with E-state index in [1.165, 1.54) is 12.8 Å². The summed E-state index contributed by atoms with van der Waals surface area (Å²) in [6.45, 7) is 4.07. The molecule has 0 aromatic heterocycles. The molecule has 1 aliphatic carbocycles. The highest BCUT2D eigenvalue weighted by atomic mass is 32.2. The fourth-order valence-corrected chi connectivity index (χ4v) is 4.04. The van der Waals surface area contributed by atoms with Gasteiger partial charge in [0.2, 0.25) is 0 Å². The van der Waals surface area contributed by atoms with Crippen LogP contribution in [0.1, 0.15) is 33.1 Å². The lowest BCUT2D eigenvalue weighted by Crippen LogP contribution is -2.50. The van der Waals surface area contributed by atoms with Gasteiger partial charge in [-0.2, -0.15) is 0 Å². The van der Waals surface area contributed by atoms with E-state index in [1.54, 1.807) is 0 Å². The predicted octanol–water partition coefficient (Wildman–Crippen LogP) is 0.950. The van der Waals surface area contributed by atoms with Crippen LogP contribution >= 0.6 is 0 Å². The molecule has 4 unspecified atom stereocenters. The summed E-state index contributed by atoms with van der Waals surface area (Å²) in [5.41, 5.74) is 0. The lowest BCUT2D eigenvalue weighted by molar-refractivity contribution is 0.209. The highest BCUT2D eigenvalue weighted by molar-refractivity contribution is 7.92. The van der Waals surface area contributed by atoms with Crippen LogP contribution in [0.25, 0.3) is 0 Å². The average molecular weight is 217 g/mol. The van der Waals surface area contributed by atoms with Crippen molar-refractivity contribution >= 4 is 9.84 Å². The van der Waals surface area contributed by atoms with E-state index in [4.69, 9.17) is 0 Å². The summed E-state index contributed by atoms with van der Waals surface area (Å²) in [6.07, 6.45) is 3.29. The van der Waals surface area contributed by atoms with Crippen LogP contribution in [0.15, 0.2) is 0 Å². The van der Waals surface area contributed by atoms with Crippen LogP contribution in [0.3, 0.4) is 0 Å². The maximum atomic E-state index is 11.5. The number of sulfone groups is 1. The number of hydrogen-bond donors (Lipinski definition) is 1. The van der Waals surface area contributed by atoms with Gasteiger partial charge in [0, 0.05) is 12.1 Å². The van der Waals surface area contributed by atoms with E-state index >= 15 is 0 Å². The van der Waals surface area contributed by atoms with Crippen LogP contribution in [0.4, 0.5) is 0 Å². The van der Waals surface area contributed by atoms with E-state index in [1.807, 2.05) is 6.92 Å². The van der Waals surface area contributed by atoms with Gasteiger partial charge in [0.1, 0.15) is 0 Å². The molecule has 2 aliphatic rings. The summed E-state index contributed by atoms with van der Waals surface area (Å²) >= 11 is 0. The van der Waals surface area contributed by atoms with Crippen molar-refractivity contribution in [1.82, 2.24) is 5.32 Å². The minimum atomic E-state index is -2.78. The van der Waals surface area contributed by atoms with E-state index in [-0.39, 0.29) is 11.3 Å². The highest BCUT2D eigenvalue weighted by Gasteiger charge is 2.39. The van der Waals surface area contributed by atoms with Crippen LogP contribution in [-0.4, -0.2) is 31.5 Å². The fourth-order valence-electron chi connectivity index (χ4n) is 2.37. The molecule has 1 saturated carbocycles. The van der Waals surface area contributed by atoms with E-state index < -0.39 is 9.84 Å². The quantitative estimate of drug-likeness (QED) is 0.749. The molecule has 0 radical (unpaired) electrons. The summed E-state index contributed by atoms with van der Waals surface area (Å²) < 4.78 is 23.0. The fraction of sp³-hybridized carbons (Fsp3) is 1.00. The van der Waals surface area contributed by atoms with Crippen molar-refractivity contribution in [3.63, 3.8) is 0 Å². The minimum absolute atomic E-state index is 0.185. The van der Waals surface area contributed by atoms with Crippen molar-refractivity contribution in [2.45, 2.75) is 50.4 Å². The molecule has 1 aliphatic heterocycles. The second-order valence-electron chi connectivity index (χ2n) is 4.80. The SMILES string of the molecule is CC1CCC1NC1CCS(=O)(=O)C1C. The van der Waals surface area contributed by atoms with Gasteiger partial charge in [0.05, 0.1) is 11.0 Å². The van der Waals surface area contributed by atoms with Crippen LogP contribution in [0, 0.1) is 5.92 Å². The summed E-state index contributed by atoms with van der Waals surface area (Å²) in [5.74, 6) is 1.10. The molecule has 0 aromatic rings. The van der Waals surface area contributed by atoms with Gasteiger partial charge in [-0.15, -0.1) is 0 Å². The molecule has 1 heterocycles. The van der Waals surface area contributed by atoms with E-state index in [0.717, 1.165) is 12.3 Å². The van der Waals surface area contributed by atoms with Crippen molar-refractivity contribution in [3.8, 4) is 0 Å². The van der Waals surface area contributed by atoms with E-state index in [9.17, 15) is 8.42 Å². The molecule has 1 N–H and O–H groups in total. The minimum Gasteiger partial charge on any atom is -0.310 e. The van der Waals surface area contributed by atoms with Gasteiger partial charge in [-0.3, -0.25) is 0 Å². The lowest BCUT2D eigenvalue weighted by Gasteiger charge is -2.37. The predicted molar refractivity (Wildman–Crippen MR) is 57.0 cm³/mol. The molecule has 0 amide bonds. The summed E-state index contributed by atoms with van der Waals surface area (Å²) in [6, 6.07) is 0.767. The Morgan fingerprint density at radius 2 is 1.79 bits per heavy atom. The Hall–Kier alpha value is -0.0900. The first-order chi connectivity index (χ1) is 6.50. The highest BCUT2D eigenvalue weighted by Crippen LogP contribution is 2.29. The molecule has 0 bridgehead atoms. The van der Waals surface area contributed by atoms with Gasteiger partial charge in [-0.25, -0.2) is 8.42 Å². The summed E-state index contributed by atoms with van der Waals surface area (Å²) in [5, 5.41) is 3.31. The van der Waals surface area contributed by atoms with Gasteiger partial charge in [0.15, 0.2) is 9.84 Å². The van der Waals surface area contributed by atoms with Crippen LogP contribution in [-0.2, 0) is 9.84 Å². The molecule has 0 spiro atoms. The number of hydrogen-bond acceptors (Lipinski definition) is 3. The lowest BCUT2D eigenvalue weighted by atomic mass is 9.80. The van der Waals surface area contributed by atoms with Crippen molar-refractivity contribution < 1.29 is 8.42 Å². The first kappa shape index (κ1) is 10.4. The molecule has 0 aromatic carbocycles. The zero-order chi connectivity index (χ0) is 10.3. The Morgan fingerprint density at radius 1 is 1.07 bits per heavy atom. The van der Waals surface area contributed by atoms with Gasteiger partial charge < -0.3 is 5.32 Å². The second-order valence-corrected chi connectivity index (χ2v) is 7.27. The van der Waals surface area contributed by atoms with Crippen LogP contribution in [0.5, 0.6) is 0 Å². The molecular weight excluding hydrogens is 198 g/mol. The molecule has 4 heteroatoms. The van der Waals surface area contributed by atoms with Crippen LogP contribution in [0.2, 0.25) is 0 Å². The third-order valence-electron chi connectivity index (χ3n) is 3.89. The van der Waals surface area contributed by atoms with Crippen molar-refractivity contribution in [2.24, 2.45) is 5.92 Å². The van der Waals surface area contributed by atoms with Gasteiger partial charge >= 0.3 is 0 Å². The molecule has 4 atom stereocenters. The maximum Gasteiger partial charge on any atom is 0.154 e.